The maximum Gasteiger partial charge on any atom is 0.326 e. The topological polar surface area (TPSA) is 18.5 Å². The molecule has 0 radical (unpaired) electrons. The molecular weight excluding hydrogens is 327 g/mol. The summed E-state index contributed by atoms with van der Waals surface area (Å²) in [4.78, 5) is 0. The molecule has 0 heterocycles. The largest absolute Gasteiger partial charge is 0.435 e. The fraction of sp³-hybridized carbons (Fsp3) is 0. The molecule has 2 nitrogen and oxygen atoms in total. The Morgan fingerprint density at radius 2 is 1.00 bits per heavy atom. The van der Waals surface area contributed by atoms with E-state index in [2.05, 4.69) is 30.3 Å². The van der Waals surface area contributed by atoms with E-state index in [4.69, 9.17) is 9.05 Å². The van der Waals surface area contributed by atoms with Gasteiger partial charge < -0.3 is 9.05 Å². The van der Waals surface area contributed by atoms with Crippen molar-refractivity contribution in [1.29, 1.82) is 0 Å². The summed E-state index contributed by atoms with van der Waals surface area (Å²) in [5.41, 5.74) is 0. The van der Waals surface area contributed by atoms with Gasteiger partial charge in [-0.3, -0.25) is 0 Å². The number of rotatable bonds is 5. The molecule has 4 aromatic rings. The molecule has 3 heteroatoms. The van der Waals surface area contributed by atoms with Crippen LogP contribution >= 0.6 is 8.38 Å². The molecule has 0 aliphatic heterocycles. The van der Waals surface area contributed by atoms with Gasteiger partial charge in [0.05, 0.1) is 5.30 Å². The minimum atomic E-state index is -1.31. The fourth-order valence-corrected chi connectivity index (χ4v) is 4.11. The number of para-hydroxylation sites is 2. The summed E-state index contributed by atoms with van der Waals surface area (Å²) in [5.74, 6) is 1.61. The average molecular weight is 344 g/mol. The molecule has 0 aliphatic rings. The molecule has 0 unspecified atom stereocenters. The smallest absolute Gasteiger partial charge is 0.326 e. The monoisotopic (exact) mass is 344 g/mol. The Labute approximate surface area is 148 Å². The molecule has 0 saturated carbocycles. The van der Waals surface area contributed by atoms with Crippen LogP contribution in [0.2, 0.25) is 0 Å². The Hall–Kier alpha value is -2.83. The van der Waals surface area contributed by atoms with Gasteiger partial charge in [-0.1, -0.05) is 72.8 Å². The van der Waals surface area contributed by atoms with Gasteiger partial charge >= 0.3 is 8.38 Å². The van der Waals surface area contributed by atoms with Gasteiger partial charge in [-0.15, -0.1) is 0 Å². The van der Waals surface area contributed by atoms with E-state index in [1.165, 1.54) is 5.39 Å². The predicted octanol–water partition coefficient (Wildman–Crippen LogP) is 5.94. The van der Waals surface area contributed by atoms with Crippen molar-refractivity contribution in [2.45, 2.75) is 0 Å². The Kier molecular flexibility index (Phi) is 4.63. The van der Waals surface area contributed by atoms with E-state index in [0.717, 1.165) is 22.2 Å². The average Bonchev–Trinajstić information content (AvgIpc) is 2.69. The van der Waals surface area contributed by atoms with Gasteiger partial charge in [0, 0.05) is 0 Å². The summed E-state index contributed by atoms with van der Waals surface area (Å²) in [6.45, 7) is 0. The maximum absolute atomic E-state index is 6.26. The van der Waals surface area contributed by atoms with Gasteiger partial charge in [0.25, 0.3) is 0 Å². The number of fused-ring (bicyclic) bond motifs is 1. The second kappa shape index (κ2) is 7.38. The van der Waals surface area contributed by atoms with Crippen LogP contribution in [0.4, 0.5) is 0 Å². The van der Waals surface area contributed by atoms with E-state index >= 15 is 0 Å². The zero-order chi connectivity index (χ0) is 16.9. The minimum absolute atomic E-state index is 0.803. The van der Waals surface area contributed by atoms with Crippen molar-refractivity contribution in [3.8, 4) is 11.5 Å². The molecule has 0 spiro atoms. The van der Waals surface area contributed by atoms with Crippen LogP contribution in [-0.2, 0) is 0 Å². The quantitative estimate of drug-likeness (QED) is 0.417. The molecule has 0 bridgehead atoms. The molecule has 0 atom stereocenters. The third-order valence-electron chi connectivity index (χ3n) is 3.83. The summed E-state index contributed by atoms with van der Waals surface area (Å²) >= 11 is 0. The Bertz CT molecular complexity index is 908. The second-order valence-electron chi connectivity index (χ2n) is 5.56. The maximum atomic E-state index is 6.26. The van der Waals surface area contributed by atoms with Crippen LogP contribution in [0.5, 0.6) is 11.5 Å². The van der Waals surface area contributed by atoms with E-state index in [1.54, 1.807) is 0 Å². The summed E-state index contributed by atoms with van der Waals surface area (Å²) in [6, 6.07) is 34.2. The number of benzene rings is 4. The van der Waals surface area contributed by atoms with Crippen molar-refractivity contribution in [1.82, 2.24) is 0 Å². The highest BCUT2D eigenvalue weighted by Gasteiger charge is 2.20. The Morgan fingerprint density at radius 1 is 0.480 bits per heavy atom. The zero-order valence-corrected chi connectivity index (χ0v) is 14.5. The van der Waals surface area contributed by atoms with E-state index in [-0.39, 0.29) is 0 Å². The van der Waals surface area contributed by atoms with E-state index in [0.29, 0.717) is 0 Å². The minimum Gasteiger partial charge on any atom is -0.435 e. The first-order valence-corrected chi connectivity index (χ1v) is 9.32. The summed E-state index contributed by atoms with van der Waals surface area (Å²) in [7, 11) is -1.31. The lowest BCUT2D eigenvalue weighted by Crippen LogP contribution is -2.11. The first kappa shape index (κ1) is 15.7. The third kappa shape index (κ3) is 3.65. The van der Waals surface area contributed by atoms with Crippen LogP contribution in [0.25, 0.3) is 10.8 Å². The highest BCUT2D eigenvalue weighted by Crippen LogP contribution is 2.41. The van der Waals surface area contributed by atoms with Crippen molar-refractivity contribution >= 4 is 24.5 Å². The van der Waals surface area contributed by atoms with Gasteiger partial charge in [-0.05, 0) is 41.1 Å². The predicted molar refractivity (Wildman–Crippen MR) is 105 cm³/mol. The molecular formula is C22H17O2P. The summed E-state index contributed by atoms with van der Waals surface area (Å²) in [6.07, 6.45) is 0. The second-order valence-corrected chi connectivity index (χ2v) is 6.93. The van der Waals surface area contributed by atoms with Crippen molar-refractivity contribution < 1.29 is 9.05 Å². The third-order valence-corrected chi connectivity index (χ3v) is 5.36. The lowest BCUT2D eigenvalue weighted by Gasteiger charge is -2.20. The van der Waals surface area contributed by atoms with Gasteiger partial charge in [0.15, 0.2) is 0 Å². The molecule has 0 N–H and O–H groups in total. The summed E-state index contributed by atoms with van der Waals surface area (Å²) in [5, 5.41) is 3.41. The zero-order valence-electron chi connectivity index (χ0n) is 13.6. The van der Waals surface area contributed by atoms with Crippen LogP contribution in [-0.4, -0.2) is 0 Å². The lowest BCUT2D eigenvalue weighted by molar-refractivity contribution is 0.502. The van der Waals surface area contributed by atoms with Gasteiger partial charge in [0.1, 0.15) is 11.5 Å². The molecule has 122 valence electrons. The van der Waals surface area contributed by atoms with Crippen LogP contribution < -0.4 is 14.4 Å². The van der Waals surface area contributed by atoms with Crippen LogP contribution in [0.15, 0.2) is 103 Å². The van der Waals surface area contributed by atoms with Crippen LogP contribution in [0.3, 0.4) is 0 Å². The van der Waals surface area contributed by atoms with E-state index in [9.17, 15) is 0 Å². The summed E-state index contributed by atoms with van der Waals surface area (Å²) < 4.78 is 12.5. The fourth-order valence-electron chi connectivity index (χ4n) is 2.64. The Balaban J connectivity index is 1.76. The number of hydrogen-bond donors (Lipinski definition) is 0. The molecule has 4 aromatic carbocycles. The van der Waals surface area contributed by atoms with Crippen molar-refractivity contribution in [2.75, 3.05) is 0 Å². The van der Waals surface area contributed by atoms with E-state index < -0.39 is 8.38 Å². The van der Waals surface area contributed by atoms with Gasteiger partial charge in [-0.2, -0.15) is 0 Å². The standard InChI is InChI=1S/C22H17O2P/c1-3-12-19(13-4-1)23-25(24-20-14-5-2-6-15-20)22-17-9-11-18-10-7-8-16-21(18)22/h1-17H. The van der Waals surface area contributed by atoms with Crippen molar-refractivity contribution in [3.63, 3.8) is 0 Å². The van der Waals surface area contributed by atoms with Crippen LogP contribution in [0.1, 0.15) is 0 Å². The molecule has 0 fully saturated rings. The Morgan fingerprint density at radius 3 is 1.64 bits per heavy atom. The molecule has 0 aromatic heterocycles. The van der Waals surface area contributed by atoms with Gasteiger partial charge in [0.2, 0.25) is 0 Å². The molecule has 0 amide bonds. The van der Waals surface area contributed by atoms with Crippen LogP contribution in [0, 0.1) is 0 Å². The first-order valence-electron chi connectivity index (χ1n) is 8.14. The highest BCUT2D eigenvalue weighted by molar-refractivity contribution is 7.57. The highest BCUT2D eigenvalue weighted by atomic mass is 31.2. The van der Waals surface area contributed by atoms with E-state index in [1.807, 2.05) is 72.8 Å². The molecule has 25 heavy (non-hydrogen) atoms. The lowest BCUT2D eigenvalue weighted by atomic mass is 10.1. The number of hydrogen-bond acceptors (Lipinski definition) is 2. The van der Waals surface area contributed by atoms with Crippen molar-refractivity contribution in [3.05, 3.63) is 103 Å². The first-order chi connectivity index (χ1) is 12.4. The SMILES string of the molecule is c1ccc(OP(Oc2ccccc2)c2cccc3ccccc23)cc1. The normalized spacial score (nSPS) is 10.8. The molecule has 4 rings (SSSR count). The van der Waals surface area contributed by atoms with Crippen molar-refractivity contribution in [2.24, 2.45) is 0 Å². The van der Waals surface area contributed by atoms with Gasteiger partial charge in [-0.25, -0.2) is 0 Å². The molecule has 0 aliphatic carbocycles. The molecule has 0 saturated heterocycles.